The van der Waals surface area contributed by atoms with E-state index in [0.29, 0.717) is 0 Å². The van der Waals surface area contributed by atoms with Crippen LogP contribution in [0.1, 0.15) is 5.56 Å². The molecule has 1 aliphatic heterocycles. The normalized spacial score (nSPS) is 14.6. The Hall–Kier alpha value is -3.13. The molecule has 0 radical (unpaired) electrons. The number of nitrogens with zero attached hydrogens (tertiary/aromatic N) is 7. The molecule has 4 aromatic rings. The van der Waals surface area contributed by atoms with Crippen LogP contribution in [0.5, 0.6) is 0 Å². The highest BCUT2D eigenvalue weighted by molar-refractivity contribution is 7.18. The van der Waals surface area contributed by atoms with E-state index in [2.05, 4.69) is 42.0 Å². The Bertz CT molecular complexity index is 1100. The topological polar surface area (TPSA) is 70.9 Å². The molecule has 1 fully saturated rings. The Kier molecular flexibility index (Phi) is 4.32. The fourth-order valence-corrected chi connectivity index (χ4v) is 4.48. The highest BCUT2D eigenvalue weighted by Crippen LogP contribution is 2.31. The fraction of sp³-hybridized carbons (Fsp3) is 0.250. The zero-order valence-corrected chi connectivity index (χ0v) is 16.3. The summed E-state index contributed by atoms with van der Waals surface area (Å²) in [5.41, 5.74) is 3.98. The average molecular weight is 389 g/mol. The Morgan fingerprint density at radius 3 is 2.54 bits per heavy atom. The van der Waals surface area contributed by atoms with Gasteiger partial charge < -0.3 is 9.80 Å². The number of piperazine rings is 1. The summed E-state index contributed by atoms with van der Waals surface area (Å²) in [7, 11) is 0. The van der Waals surface area contributed by atoms with E-state index < -0.39 is 0 Å². The number of hydrogen-bond acceptors (Lipinski definition) is 8. The molecule has 140 valence electrons. The molecule has 0 aromatic carbocycles. The second-order valence-corrected chi connectivity index (χ2v) is 7.60. The zero-order chi connectivity index (χ0) is 18.9. The van der Waals surface area contributed by atoms with Crippen LogP contribution in [0.3, 0.4) is 0 Å². The van der Waals surface area contributed by atoms with Gasteiger partial charge in [-0.05, 0) is 36.1 Å². The molecule has 4 aromatic heterocycles. The summed E-state index contributed by atoms with van der Waals surface area (Å²) >= 11 is 1.72. The summed E-state index contributed by atoms with van der Waals surface area (Å²) in [6.45, 7) is 5.54. The molecule has 28 heavy (non-hydrogen) atoms. The van der Waals surface area contributed by atoms with Crippen LogP contribution in [-0.4, -0.2) is 51.1 Å². The lowest BCUT2D eigenvalue weighted by Gasteiger charge is -2.35. The minimum Gasteiger partial charge on any atom is -0.352 e. The van der Waals surface area contributed by atoms with Gasteiger partial charge in [-0.25, -0.2) is 19.9 Å². The maximum atomic E-state index is 4.73. The molecule has 8 heteroatoms. The maximum Gasteiger partial charge on any atom is 0.226 e. The highest BCUT2D eigenvalue weighted by atomic mass is 32.1. The number of rotatable bonds is 3. The van der Waals surface area contributed by atoms with E-state index in [4.69, 9.17) is 4.98 Å². The minimum absolute atomic E-state index is 0.752. The van der Waals surface area contributed by atoms with Gasteiger partial charge in [0.05, 0.1) is 21.6 Å². The van der Waals surface area contributed by atoms with E-state index in [9.17, 15) is 0 Å². The molecule has 1 saturated heterocycles. The molecule has 0 unspecified atom stereocenters. The van der Waals surface area contributed by atoms with Crippen LogP contribution in [0.2, 0.25) is 0 Å². The molecule has 5 rings (SSSR count). The van der Waals surface area contributed by atoms with E-state index >= 15 is 0 Å². The van der Waals surface area contributed by atoms with Gasteiger partial charge in [0.15, 0.2) is 0 Å². The molecule has 0 amide bonds. The number of pyridine rings is 1. The van der Waals surface area contributed by atoms with E-state index in [1.54, 1.807) is 30.1 Å². The van der Waals surface area contributed by atoms with Crippen molar-refractivity contribution in [2.24, 2.45) is 0 Å². The lowest BCUT2D eigenvalue weighted by atomic mass is 10.2. The van der Waals surface area contributed by atoms with Crippen LogP contribution in [0.15, 0.2) is 48.4 Å². The predicted octanol–water partition coefficient (Wildman–Crippen LogP) is 3.18. The van der Waals surface area contributed by atoms with Crippen LogP contribution in [-0.2, 0) is 0 Å². The van der Waals surface area contributed by atoms with E-state index in [1.165, 1.54) is 10.3 Å². The quantitative estimate of drug-likeness (QED) is 0.533. The van der Waals surface area contributed by atoms with Crippen molar-refractivity contribution in [3.05, 3.63) is 53.9 Å². The highest BCUT2D eigenvalue weighted by Gasteiger charge is 2.22. The van der Waals surface area contributed by atoms with Gasteiger partial charge in [-0.2, -0.15) is 0 Å². The van der Waals surface area contributed by atoms with Crippen LogP contribution >= 0.6 is 11.3 Å². The minimum atomic E-state index is 0.752. The van der Waals surface area contributed by atoms with Crippen molar-refractivity contribution in [1.82, 2.24) is 24.9 Å². The van der Waals surface area contributed by atoms with Crippen LogP contribution in [0.25, 0.3) is 21.6 Å². The number of anilines is 2. The Morgan fingerprint density at radius 2 is 1.71 bits per heavy atom. The molecular weight excluding hydrogens is 370 g/mol. The first-order valence-corrected chi connectivity index (χ1v) is 10.1. The van der Waals surface area contributed by atoms with Crippen molar-refractivity contribution < 1.29 is 0 Å². The van der Waals surface area contributed by atoms with Crippen molar-refractivity contribution in [2.45, 2.75) is 6.92 Å². The second-order valence-electron chi connectivity index (χ2n) is 6.72. The largest absolute Gasteiger partial charge is 0.352 e. The third-order valence-electron chi connectivity index (χ3n) is 4.94. The number of aryl methyl sites for hydroxylation is 1. The van der Waals surface area contributed by atoms with Gasteiger partial charge in [0.25, 0.3) is 0 Å². The molecule has 0 saturated carbocycles. The zero-order valence-electron chi connectivity index (χ0n) is 15.5. The summed E-state index contributed by atoms with van der Waals surface area (Å²) in [5.74, 6) is 1.79. The van der Waals surface area contributed by atoms with Gasteiger partial charge >= 0.3 is 0 Å². The van der Waals surface area contributed by atoms with E-state index in [-0.39, 0.29) is 0 Å². The van der Waals surface area contributed by atoms with Crippen molar-refractivity contribution in [3.8, 4) is 11.4 Å². The number of aromatic nitrogens is 5. The SMILES string of the molecule is Cc1csc2c(N3CCN(c4nccc(-c5ccccn5)n4)CC3)ncnc12. The fourth-order valence-electron chi connectivity index (χ4n) is 3.46. The van der Waals surface area contributed by atoms with Crippen LogP contribution in [0, 0.1) is 6.92 Å². The first-order valence-electron chi connectivity index (χ1n) is 9.23. The summed E-state index contributed by atoms with van der Waals surface area (Å²) < 4.78 is 1.17. The lowest BCUT2D eigenvalue weighted by molar-refractivity contribution is 0.636. The molecule has 5 heterocycles. The summed E-state index contributed by atoms with van der Waals surface area (Å²) in [4.78, 5) is 27.2. The van der Waals surface area contributed by atoms with Crippen molar-refractivity contribution in [2.75, 3.05) is 36.0 Å². The Labute approximate surface area is 166 Å². The first kappa shape index (κ1) is 17.0. The third kappa shape index (κ3) is 3.05. The second kappa shape index (κ2) is 7.12. The first-order chi connectivity index (χ1) is 13.8. The average Bonchev–Trinajstić information content (AvgIpc) is 3.16. The molecule has 7 nitrogen and oxygen atoms in total. The molecule has 0 N–H and O–H groups in total. The molecule has 0 bridgehead atoms. The van der Waals surface area contributed by atoms with Gasteiger partial charge in [-0.1, -0.05) is 6.07 Å². The van der Waals surface area contributed by atoms with Crippen molar-refractivity contribution >= 4 is 33.3 Å². The molecule has 1 aliphatic rings. The lowest BCUT2D eigenvalue weighted by Crippen LogP contribution is -2.47. The number of hydrogen-bond donors (Lipinski definition) is 0. The number of fused-ring (bicyclic) bond motifs is 1. The van der Waals surface area contributed by atoms with Gasteiger partial charge in [0.2, 0.25) is 5.95 Å². The Balaban J connectivity index is 1.35. The van der Waals surface area contributed by atoms with Gasteiger partial charge in [-0.3, -0.25) is 4.98 Å². The maximum absolute atomic E-state index is 4.73. The summed E-state index contributed by atoms with van der Waals surface area (Å²) in [6.07, 6.45) is 5.26. The standard InChI is InChI=1S/C20H19N7S/c1-14-12-28-18-17(14)23-13-24-19(18)26-8-10-27(11-9-26)20-22-7-5-16(25-20)15-4-2-3-6-21-15/h2-7,12-13H,8-11H2,1H3. The van der Waals surface area contributed by atoms with Gasteiger partial charge in [0.1, 0.15) is 12.1 Å². The van der Waals surface area contributed by atoms with Gasteiger partial charge in [0, 0.05) is 38.6 Å². The van der Waals surface area contributed by atoms with Gasteiger partial charge in [-0.15, -0.1) is 11.3 Å². The smallest absolute Gasteiger partial charge is 0.226 e. The van der Waals surface area contributed by atoms with Crippen molar-refractivity contribution in [3.63, 3.8) is 0 Å². The molecule has 0 atom stereocenters. The molecular formula is C20H19N7S. The predicted molar refractivity (Wildman–Crippen MR) is 112 cm³/mol. The monoisotopic (exact) mass is 389 g/mol. The van der Waals surface area contributed by atoms with Crippen molar-refractivity contribution in [1.29, 1.82) is 0 Å². The summed E-state index contributed by atoms with van der Waals surface area (Å²) in [5, 5.41) is 2.15. The van der Waals surface area contributed by atoms with Crippen LogP contribution in [0.4, 0.5) is 11.8 Å². The summed E-state index contributed by atoms with van der Waals surface area (Å²) in [6, 6.07) is 7.74. The number of thiophene rings is 1. The van der Waals surface area contributed by atoms with Crippen LogP contribution < -0.4 is 9.80 Å². The molecule has 0 spiro atoms. The molecule has 0 aliphatic carbocycles. The Morgan fingerprint density at radius 1 is 0.857 bits per heavy atom. The third-order valence-corrected chi connectivity index (χ3v) is 6.03. The van der Waals surface area contributed by atoms with E-state index in [0.717, 1.165) is 54.8 Å². The van der Waals surface area contributed by atoms with E-state index in [1.807, 2.05) is 24.3 Å².